The molecule has 1 atom stereocenters. The molecule has 0 spiro atoms. The first-order chi connectivity index (χ1) is 14.4. The van der Waals surface area contributed by atoms with Gasteiger partial charge in [0.1, 0.15) is 5.60 Å². The molecule has 2 rings (SSSR count). The van der Waals surface area contributed by atoms with Crippen molar-refractivity contribution in [2.45, 2.75) is 71.4 Å². The number of ether oxygens (including phenoxy) is 3. The molecule has 182 valence electrons. The highest BCUT2D eigenvalue weighted by Crippen LogP contribution is 2.16. The van der Waals surface area contributed by atoms with E-state index in [0.29, 0.717) is 19.0 Å². The van der Waals surface area contributed by atoms with Gasteiger partial charge in [-0.1, -0.05) is 0 Å². The maximum Gasteiger partial charge on any atom is 0.410 e. The maximum atomic E-state index is 12.4. The van der Waals surface area contributed by atoms with Crippen molar-refractivity contribution >= 4 is 36.0 Å². The molecule has 0 aromatic rings. The second kappa shape index (κ2) is 15.1. The zero-order valence-corrected chi connectivity index (χ0v) is 22.1. The Hall–Kier alpha value is -0.810. The molecule has 0 radical (unpaired) electrons. The van der Waals surface area contributed by atoms with E-state index in [-0.39, 0.29) is 36.1 Å². The van der Waals surface area contributed by atoms with Gasteiger partial charge in [-0.3, -0.25) is 4.99 Å². The first-order valence-corrected chi connectivity index (χ1v) is 11.6. The number of amides is 1. The summed E-state index contributed by atoms with van der Waals surface area (Å²) in [4.78, 5) is 18.8. The van der Waals surface area contributed by atoms with Crippen LogP contribution in [0.15, 0.2) is 4.99 Å². The molecule has 9 heteroatoms. The van der Waals surface area contributed by atoms with Gasteiger partial charge in [-0.2, -0.15) is 0 Å². The normalized spacial score (nSPS) is 20.7. The number of rotatable bonds is 8. The Morgan fingerprint density at radius 1 is 1.23 bits per heavy atom. The number of likely N-dealkylation sites (tertiary alicyclic amines) is 1. The average molecular weight is 555 g/mol. The number of halogens is 1. The lowest BCUT2D eigenvalue weighted by molar-refractivity contribution is 0.0193. The van der Waals surface area contributed by atoms with Crippen LogP contribution in [0.5, 0.6) is 0 Å². The van der Waals surface area contributed by atoms with E-state index in [9.17, 15) is 4.79 Å². The van der Waals surface area contributed by atoms with Crippen molar-refractivity contribution < 1.29 is 19.0 Å². The minimum atomic E-state index is -0.472. The molecule has 0 aromatic heterocycles. The molecular weight excluding hydrogens is 511 g/mol. The second-order valence-corrected chi connectivity index (χ2v) is 9.15. The van der Waals surface area contributed by atoms with Gasteiger partial charge in [-0.25, -0.2) is 4.79 Å². The molecular formula is C22H43IN4O4. The van der Waals surface area contributed by atoms with Crippen molar-refractivity contribution in [2.75, 3.05) is 52.6 Å². The van der Waals surface area contributed by atoms with Crippen LogP contribution in [0.1, 0.15) is 59.8 Å². The molecule has 2 aliphatic rings. The zero-order chi connectivity index (χ0) is 21.8. The number of carbonyl (C=O) groups excluding carboxylic acids is 1. The average Bonchev–Trinajstić information content (AvgIpc) is 2.70. The summed E-state index contributed by atoms with van der Waals surface area (Å²) in [5.74, 6) is 1.44. The Morgan fingerprint density at radius 3 is 2.65 bits per heavy atom. The fraction of sp³-hybridized carbons (Fsp3) is 0.909. The summed E-state index contributed by atoms with van der Waals surface area (Å²) in [6.07, 6.45) is 4.84. The lowest BCUT2D eigenvalue weighted by Gasteiger charge is -2.35. The molecule has 0 aliphatic carbocycles. The summed E-state index contributed by atoms with van der Waals surface area (Å²) in [5, 5.41) is 6.79. The van der Waals surface area contributed by atoms with E-state index in [4.69, 9.17) is 14.2 Å². The summed E-state index contributed by atoms with van der Waals surface area (Å²) < 4.78 is 16.7. The zero-order valence-electron chi connectivity index (χ0n) is 19.8. The summed E-state index contributed by atoms with van der Waals surface area (Å²) >= 11 is 0. The van der Waals surface area contributed by atoms with Gasteiger partial charge in [0.05, 0.1) is 0 Å². The predicted octanol–water partition coefficient (Wildman–Crippen LogP) is 3.39. The molecule has 0 bridgehead atoms. The van der Waals surface area contributed by atoms with E-state index in [1.54, 1.807) is 4.90 Å². The van der Waals surface area contributed by atoms with Crippen LogP contribution >= 0.6 is 24.0 Å². The summed E-state index contributed by atoms with van der Waals surface area (Å²) in [6, 6.07) is 0.175. The van der Waals surface area contributed by atoms with E-state index in [2.05, 4.69) is 22.5 Å². The number of carbonyl (C=O) groups is 1. The first-order valence-electron chi connectivity index (χ1n) is 11.6. The fourth-order valence-electron chi connectivity index (χ4n) is 3.62. The third-order valence-corrected chi connectivity index (χ3v) is 5.17. The fourth-order valence-corrected chi connectivity index (χ4v) is 3.62. The highest BCUT2D eigenvalue weighted by Gasteiger charge is 2.28. The Kier molecular flexibility index (Phi) is 13.8. The van der Waals surface area contributed by atoms with Crippen LogP contribution in [0.4, 0.5) is 4.79 Å². The van der Waals surface area contributed by atoms with Crippen molar-refractivity contribution in [2.24, 2.45) is 10.9 Å². The van der Waals surface area contributed by atoms with E-state index >= 15 is 0 Å². The molecule has 8 nitrogen and oxygen atoms in total. The highest BCUT2D eigenvalue weighted by molar-refractivity contribution is 14.0. The number of guanidine groups is 1. The number of hydrogen-bond donors (Lipinski definition) is 2. The van der Waals surface area contributed by atoms with Crippen LogP contribution in [0, 0.1) is 5.92 Å². The molecule has 1 amide bonds. The molecule has 2 aliphatic heterocycles. The Labute approximate surface area is 205 Å². The van der Waals surface area contributed by atoms with Crippen LogP contribution in [0.2, 0.25) is 0 Å². The van der Waals surface area contributed by atoms with Crippen LogP contribution in [0.3, 0.4) is 0 Å². The monoisotopic (exact) mass is 554 g/mol. The molecule has 2 heterocycles. The standard InChI is InChI=1S/C22H42N4O4.HI/c1-5-23-20(24-11-7-13-29-17-18-9-14-28-15-10-18)25-19-8-6-12-26(16-19)21(27)30-22(2,3)4;/h18-19H,5-17H2,1-4H3,(H2,23,24,25);1H. The third kappa shape index (κ3) is 12.1. The van der Waals surface area contributed by atoms with E-state index in [1.165, 1.54) is 0 Å². The van der Waals surface area contributed by atoms with Crippen LogP contribution < -0.4 is 10.6 Å². The molecule has 31 heavy (non-hydrogen) atoms. The minimum Gasteiger partial charge on any atom is -0.444 e. The van der Waals surface area contributed by atoms with Crippen LogP contribution in [-0.4, -0.2) is 81.2 Å². The first kappa shape index (κ1) is 28.2. The Morgan fingerprint density at radius 2 is 1.97 bits per heavy atom. The Bertz CT molecular complexity index is 536. The van der Waals surface area contributed by atoms with Gasteiger partial charge in [0.15, 0.2) is 5.96 Å². The molecule has 0 saturated carbocycles. The second-order valence-electron chi connectivity index (χ2n) is 9.15. The van der Waals surface area contributed by atoms with Crippen molar-refractivity contribution in [3.05, 3.63) is 0 Å². The van der Waals surface area contributed by atoms with Crippen molar-refractivity contribution in [3.63, 3.8) is 0 Å². The van der Waals surface area contributed by atoms with Crippen molar-refractivity contribution in [1.29, 1.82) is 0 Å². The lowest BCUT2D eigenvalue weighted by atomic mass is 10.0. The van der Waals surface area contributed by atoms with Crippen LogP contribution in [-0.2, 0) is 14.2 Å². The highest BCUT2D eigenvalue weighted by atomic mass is 127. The van der Waals surface area contributed by atoms with Gasteiger partial charge in [-0.05, 0) is 65.7 Å². The van der Waals surface area contributed by atoms with E-state index in [1.807, 2.05) is 20.8 Å². The summed E-state index contributed by atoms with van der Waals surface area (Å²) in [5.41, 5.74) is -0.472. The van der Waals surface area contributed by atoms with Gasteiger partial charge < -0.3 is 29.7 Å². The number of nitrogens with zero attached hydrogens (tertiary/aromatic N) is 2. The van der Waals surface area contributed by atoms with Gasteiger partial charge in [0, 0.05) is 58.6 Å². The molecule has 1 unspecified atom stereocenters. The maximum absolute atomic E-state index is 12.4. The smallest absolute Gasteiger partial charge is 0.410 e. The number of aliphatic imine (C=N–C) groups is 1. The lowest BCUT2D eigenvalue weighted by Crippen LogP contribution is -2.53. The molecule has 2 fully saturated rings. The molecule has 0 aromatic carbocycles. The Balaban J connectivity index is 0.00000480. The SMILES string of the molecule is CCNC(=NCCCOCC1CCOCC1)NC1CCCN(C(=O)OC(C)(C)C)C1.I. The number of hydrogen-bond acceptors (Lipinski definition) is 5. The molecule has 2 N–H and O–H groups in total. The van der Waals surface area contributed by atoms with E-state index < -0.39 is 5.60 Å². The van der Waals surface area contributed by atoms with Gasteiger partial charge >= 0.3 is 6.09 Å². The quantitative estimate of drug-likeness (QED) is 0.207. The molecule has 2 saturated heterocycles. The minimum absolute atomic E-state index is 0. The van der Waals surface area contributed by atoms with Gasteiger partial charge in [-0.15, -0.1) is 24.0 Å². The van der Waals surface area contributed by atoms with Crippen molar-refractivity contribution in [3.8, 4) is 0 Å². The summed E-state index contributed by atoms with van der Waals surface area (Å²) in [6.45, 7) is 13.9. The number of nitrogens with one attached hydrogen (secondary N) is 2. The predicted molar refractivity (Wildman–Crippen MR) is 134 cm³/mol. The summed E-state index contributed by atoms with van der Waals surface area (Å²) in [7, 11) is 0. The largest absolute Gasteiger partial charge is 0.444 e. The van der Waals surface area contributed by atoms with E-state index in [0.717, 1.165) is 77.6 Å². The number of piperidine rings is 1. The topological polar surface area (TPSA) is 84.4 Å². The third-order valence-electron chi connectivity index (χ3n) is 5.17. The van der Waals surface area contributed by atoms with Crippen LogP contribution in [0.25, 0.3) is 0 Å². The van der Waals surface area contributed by atoms with Gasteiger partial charge in [0.25, 0.3) is 0 Å². The van der Waals surface area contributed by atoms with Crippen molar-refractivity contribution in [1.82, 2.24) is 15.5 Å². The van der Waals surface area contributed by atoms with Gasteiger partial charge in [0.2, 0.25) is 0 Å².